The fourth-order valence-electron chi connectivity index (χ4n) is 4.24. The third-order valence-electron chi connectivity index (χ3n) is 6.03. The van der Waals surface area contributed by atoms with Gasteiger partial charge in [-0.05, 0) is 68.1 Å². The highest BCUT2D eigenvalue weighted by atomic mass is 35.5. The molecule has 1 heterocycles. The van der Waals surface area contributed by atoms with Gasteiger partial charge in [0.2, 0.25) is 0 Å². The van der Waals surface area contributed by atoms with Crippen LogP contribution in [0, 0.1) is 0 Å². The van der Waals surface area contributed by atoms with E-state index in [9.17, 15) is 22.8 Å². The maximum atomic E-state index is 13.4. The van der Waals surface area contributed by atoms with Crippen molar-refractivity contribution in [3.63, 3.8) is 0 Å². The van der Waals surface area contributed by atoms with Gasteiger partial charge in [0.1, 0.15) is 5.69 Å². The van der Waals surface area contributed by atoms with E-state index in [2.05, 4.69) is 20.4 Å². The van der Waals surface area contributed by atoms with Crippen molar-refractivity contribution in [2.45, 2.75) is 43.9 Å². The van der Waals surface area contributed by atoms with Crippen LogP contribution in [-0.2, 0) is 10.9 Å². The minimum Gasteiger partial charge on any atom is -0.465 e. The molecule has 6 nitrogen and oxygen atoms in total. The summed E-state index contributed by atoms with van der Waals surface area (Å²) >= 11 is 6.07. The average molecular weight is 506 g/mol. The monoisotopic (exact) mass is 505 g/mol. The van der Waals surface area contributed by atoms with Crippen molar-refractivity contribution in [1.29, 1.82) is 0 Å². The minimum absolute atomic E-state index is 0.0727. The van der Waals surface area contributed by atoms with E-state index in [1.165, 1.54) is 25.3 Å². The van der Waals surface area contributed by atoms with E-state index in [4.69, 9.17) is 11.6 Å². The van der Waals surface area contributed by atoms with Gasteiger partial charge in [0.25, 0.3) is 5.91 Å². The zero-order chi connectivity index (χ0) is 25.2. The predicted octanol–water partition coefficient (Wildman–Crippen LogP) is 5.85. The molecular formula is C25H23ClF3N3O3. The number of nitrogens with one attached hydrogen (secondary N) is 2. The summed E-state index contributed by atoms with van der Waals surface area (Å²) in [6, 6.07) is 11.7. The Morgan fingerprint density at radius 1 is 1.00 bits per heavy atom. The number of aromatic nitrogens is 1. The maximum Gasteiger partial charge on any atom is 0.433 e. The molecular weight excluding hydrogens is 483 g/mol. The molecule has 1 fully saturated rings. The molecule has 35 heavy (non-hydrogen) atoms. The SMILES string of the molecule is COC(=O)c1cccc(C(=O)NC2CCC(Nc3cc(C(F)(F)F)nc4ccc(Cl)cc34)CC2)c1. The number of benzene rings is 2. The Morgan fingerprint density at radius 2 is 1.69 bits per heavy atom. The zero-order valence-electron chi connectivity index (χ0n) is 18.8. The van der Waals surface area contributed by atoms with Gasteiger partial charge in [-0.2, -0.15) is 13.2 Å². The molecule has 4 rings (SSSR count). The fourth-order valence-corrected chi connectivity index (χ4v) is 4.41. The Labute approximate surface area is 204 Å². The van der Waals surface area contributed by atoms with Crippen LogP contribution in [0.5, 0.6) is 0 Å². The van der Waals surface area contributed by atoms with E-state index < -0.39 is 17.8 Å². The summed E-state index contributed by atoms with van der Waals surface area (Å²) in [4.78, 5) is 28.1. The lowest BCUT2D eigenvalue weighted by Gasteiger charge is -2.30. The van der Waals surface area contributed by atoms with E-state index in [1.54, 1.807) is 24.3 Å². The first-order valence-electron chi connectivity index (χ1n) is 11.1. The topological polar surface area (TPSA) is 80.3 Å². The van der Waals surface area contributed by atoms with Crippen LogP contribution in [0.3, 0.4) is 0 Å². The van der Waals surface area contributed by atoms with Crippen LogP contribution in [0.4, 0.5) is 18.9 Å². The summed E-state index contributed by atoms with van der Waals surface area (Å²) in [6.45, 7) is 0. The molecule has 0 saturated heterocycles. The Bertz CT molecular complexity index is 1260. The number of hydrogen-bond acceptors (Lipinski definition) is 5. The maximum absolute atomic E-state index is 13.4. The van der Waals surface area contributed by atoms with Crippen molar-refractivity contribution in [3.05, 3.63) is 70.4 Å². The molecule has 1 aliphatic carbocycles. The molecule has 0 bridgehead atoms. The summed E-state index contributed by atoms with van der Waals surface area (Å²) in [6.07, 6.45) is -1.97. The molecule has 1 saturated carbocycles. The Morgan fingerprint density at radius 3 is 2.37 bits per heavy atom. The molecule has 0 spiro atoms. The normalized spacial score (nSPS) is 18.2. The second kappa shape index (κ2) is 10.1. The van der Waals surface area contributed by atoms with E-state index >= 15 is 0 Å². The molecule has 0 atom stereocenters. The largest absolute Gasteiger partial charge is 0.465 e. The highest BCUT2D eigenvalue weighted by Gasteiger charge is 2.34. The van der Waals surface area contributed by atoms with Gasteiger partial charge in [0.15, 0.2) is 0 Å². The number of esters is 1. The van der Waals surface area contributed by atoms with E-state index in [1.807, 2.05) is 0 Å². The summed E-state index contributed by atoms with van der Waals surface area (Å²) in [5.74, 6) is -0.818. The molecule has 0 unspecified atom stereocenters. The molecule has 2 N–H and O–H groups in total. The highest BCUT2D eigenvalue weighted by molar-refractivity contribution is 6.31. The predicted molar refractivity (Wildman–Crippen MR) is 127 cm³/mol. The van der Waals surface area contributed by atoms with Crippen LogP contribution in [0.25, 0.3) is 10.9 Å². The number of carbonyl (C=O) groups is 2. The molecule has 184 valence electrons. The number of halogens is 4. The highest BCUT2D eigenvalue weighted by Crippen LogP contribution is 2.35. The number of amides is 1. The van der Waals surface area contributed by atoms with Crippen LogP contribution >= 0.6 is 11.6 Å². The second-order valence-corrected chi connectivity index (χ2v) is 8.89. The minimum atomic E-state index is -4.57. The number of anilines is 1. The number of rotatable bonds is 5. The summed E-state index contributed by atoms with van der Waals surface area (Å²) < 4.78 is 44.8. The first-order chi connectivity index (χ1) is 16.6. The number of fused-ring (bicyclic) bond motifs is 1. The van der Waals surface area contributed by atoms with E-state index in [0.29, 0.717) is 47.3 Å². The quantitative estimate of drug-likeness (QED) is 0.425. The van der Waals surface area contributed by atoms with Gasteiger partial charge >= 0.3 is 12.1 Å². The van der Waals surface area contributed by atoms with Gasteiger partial charge < -0.3 is 15.4 Å². The van der Waals surface area contributed by atoms with Crippen molar-refractivity contribution in [1.82, 2.24) is 10.3 Å². The summed E-state index contributed by atoms with van der Waals surface area (Å²) in [5, 5.41) is 7.13. The van der Waals surface area contributed by atoms with Crippen molar-refractivity contribution >= 4 is 40.1 Å². The zero-order valence-corrected chi connectivity index (χ0v) is 19.5. The van der Waals surface area contributed by atoms with Crippen LogP contribution in [-0.4, -0.2) is 36.1 Å². The van der Waals surface area contributed by atoms with Crippen molar-refractivity contribution in [3.8, 4) is 0 Å². The molecule has 0 aliphatic heterocycles. The molecule has 3 aromatic rings. The molecule has 1 amide bonds. The fraction of sp³-hybridized carbons (Fsp3) is 0.320. The molecule has 2 aromatic carbocycles. The van der Waals surface area contributed by atoms with Gasteiger partial charge in [-0.1, -0.05) is 17.7 Å². The van der Waals surface area contributed by atoms with Gasteiger partial charge in [-0.25, -0.2) is 9.78 Å². The van der Waals surface area contributed by atoms with Crippen molar-refractivity contribution < 1.29 is 27.5 Å². The lowest BCUT2D eigenvalue weighted by molar-refractivity contribution is -0.140. The van der Waals surface area contributed by atoms with Crippen LogP contribution in [0.15, 0.2) is 48.5 Å². The molecule has 1 aromatic heterocycles. The van der Waals surface area contributed by atoms with Crippen molar-refractivity contribution in [2.75, 3.05) is 12.4 Å². The Hall–Kier alpha value is -3.33. The van der Waals surface area contributed by atoms with Crippen LogP contribution < -0.4 is 10.6 Å². The van der Waals surface area contributed by atoms with Gasteiger partial charge in [-0.3, -0.25) is 4.79 Å². The third kappa shape index (κ3) is 5.85. The van der Waals surface area contributed by atoms with Gasteiger partial charge in [-0.15, -0.1) is 0 Å². The van der Waals surface area contributed by atoms with Crippen molar-refractivity contribution in [2.24, 2.45) is 0 Å². The number of hydrogen-bond donors (Lipinski definition) is 2. The molecule has 1 aliphatic rings. The van der Waals surface area contributed by atoms with Crippen LogP contribution in [0.2, 0.25) is 5.02 Å². The summed E-state index contributed by atoms with van der Waals surface area (Å²) in [5.41, 5.74) is 0.215. The standard InChI is InChI=1S/C25H23ClF3N3O3/c1-35-24(34)15-4-2-3-14(11-15)23(33)31-18-8-6-17(7-9-18)30-21-13-22(25(27,28)29)32-20-10-5-16(26)12-19(20)21/h2-5,10-13,17-18H,6-9H2,1H3,(H,30,32)(H,31,33). The molecule has 10 heteroatoms. The number of nitrogens with zero attached hydrogens (tertiary/aromatic N) is 1. The summed E-state index contributed by atoms with van der Waals surface area (Å²) in [7, 11) is 1.27. The van der Waals surface area contributed by atoms with E-state index in [0.717, 1.165) is 6.07 Å². The Balaban J connectivity index is 1.42. The lowest BCUT2D eigenvalue weighted by atomic mass is 9.90. The number of alkyl halides is 3. The molecule has 0 radical (unpaired) electrons. The van der Waals surface area contributed by atoms with Gasteiger partial charge in [0, 0.05) is 33.7 Å². The first kappa shape index (κ1) is 24.8. The second-order valence-electron chi connectivity index (χ2n) is 8.45. The van der Waals surface area contributed by atoms with Gasteiger partial charge in [0.05, 0.1) is 18.2 Å². The average Bonchev–Trinajstić information content (AvgIpc) is 2.84. The number of methoxy groups -OCH3 is 1. The van der Waals surface area contributed by atoms with E-state index in [-0.39, 0.29) is 29.1 Å². The lowest BCUT2D eigenvalue weighted by Crippen LogP contribution is -2.40. The number of ether oxygens (including phenoxy) is 1. The number of carbonyl (C=O) groups excluding carboxylic acids is 2. The third-order valence-corrected chi connectivity index (χ3v) is 6.26. The first-order valence-corrected chi connectivity index (χ1v) is 11.4. The van der Waals surface area contributed by atoms with Crippen LogP contribution in [0.1, 0.15) is 52.1 Å². The number of pyridine rings is 1. The smallest absolute Gasteiger partial charge is 0.433 e. The Kier molecular flexibility index (Phi) is 7.16.